The minimum Gasteiger partial charge on any atom is -0.480 e. The highest BCUT2D eigenvalue weighted by molar-refractivity contribution is 5.89. The molecule has 1 aliphatic carbocycles. The number of hydrogen-bond donors (Lipinski definition) is 3. The van der Waals surface area contributed by atoms with Gasteiger partial charge in [-0.1, -0.05) is 37.3 Å². The molecule has 0 aliphatic heterocycles. The molecule has 0 atom stereocenters. The Kier molecular flexibility index (Phi) is 6.08. The summed E-state index contributed by atoms with van der Waals surface area (Å²) in [5, 5.41) is 18.9. The summed E-state index contributed by atoms with van der Waals surface area (Å²) < 4.78 is 1.77. The molecule has 2 amide bonds. The molecule has 3 N–H and O–H groups in total. The summed E-state index contributed by atoms with van der Waals surface area (Å²) in [6.07, 6.45) is 4.95. The van der Waals surface area contributed by atoms with Crippen LogP contribution in [0.1, 0.15) is 25.3 Å². The average molecular weight is 371 g/mol. The Morgan fingerprint density at radius 3 is 2.70 bits per heavy atom. The zero-order chi connectivity index (χ0) is 19.2. The molecule has 1 fully saturated rings. The number of amides is 2. The van der Waals surface area contributed by atoms with E-state index >= 15 is 0 Å². The summed E-state index contributed by atoms with van der Waals surface area (Å²) in [6.45, 7) is 3.32. The molecule has 8 heteroatoms. The number of hydrogen-bond acceptors (Lipinski definition) is 4. The molecule has 8 nitrogen and oxygen atoms in total. The lowest BCUT2D eigenvalue weighted by atomic mass is 9.85. The van der Waals surface area contributed by atoms with Gasteiger partial charge in [0.15, 0.2) is 0 Å². The number of nitrogens with one attached hydrogen (secondary N) is 2. The Hall–Kier alpha value is -2.87. The fourth-order valence-electron chi connectivity index (χ4n) is 3.31. The van der Waals surface area contributed by atoms with Crippen molar-refractivity contribution >= 4 is 17.7 Å². The van der Waals surface area contributed by atoms with Crippen LogP contribution < -0.4 is 10.6 Å². The first-order chi connectivity index (χ1) is 13.0. The van der Waals surface area contributed by atoms with E-state index in [9.17, 15) is 9.59 Å². The van der Waals surface area contributed by atoms with Crippen LogP contribution in [-0.4, -0.2) is 57.0 Å². The quantitative estimate of drug-likeness (QED) is 0.659. The van der Waals surface area contributed by atoms with Gasteiger partial charge in [-0.25, -0.2) is 4.79 Å². The fraction of sp³-hybridized carbons (Fsp3) is 0.421. The first-order valence-electron chi connectivity index (χ1n) is 9.13. The second kappa shape index (κ2) is 8.68. The number of nitrogens with zero attached hydrogens (tertiary/aromatic N) is 3. The molecule has 0 radical (unpaired) electrons. The highest BCUT2D eigenvalue weighted by Crippen LogP contribution is 2.25. The SMILES string of the molecule is CCN(CC(=O)O)C1CC(NC(=O)Nc2cnn(Cc3ccccc3)c2)C1. The summed E-state index contributed by atoms with van der Waals surface area (Å²) in [5.74, 6) is -0.821. The molecule has 0 unspecified atom stereocenters. The maximum Gasteiger partial charge on any atom is 0.319 e. The summed E-state index contributed by atoms with van der Waals surface area (Å²) in [7, 11) is 0. The van der Waals surface area contributed by atoms with Crippen molar-refractivity contribution in [3.05, 3.63) is 48.3 Å². The van der Waals surface area contributed by atoms with Gasteiger partial charge in [-0.15, -0.1) is 0 Å². The van der Waals surface area contributed by atoms with Crippen LogP contribution in [0.5, 0.6) is 0 Å². The maximum absolute atomic E-state index is 12.1. The second-order valence-corrected chi connectivity index (χ2v) is 6.79. The van der Waals surface area contributed by atoms with E-state index in [0.29, 0.717) is 18.8 Å². The number of carbonyl (C=O) groups is 2. The minimum absolute atomic E-state index is 0.0423. The van der Waals surface area contributed by atoms with Gasteiger partial charge in [0.1, 0.15) is 0 Å². The van der Waals surface area contributed by atoms with Crippen LogP contribution in [0.25, 0.3) is 0 Å². The van der Waals surface area contributed by atoms with E-state index in [0.717, 1.165) is 18.4 Å². The van der Waals surface area contributed by atoms with Crippen LogP contribution in [0.2, 0.25) is 0 Å². The fourth-order valence-corrected chi connectivity index (χ4v) is 3.31. The Bertz CT molecular complexity index is 771. The number of benzene rings is 1. The highest BCUT2D eigenvalue weighted by atomic mass is 16.4. The van der Waals surface area contributed by atoms with E-state index in [2.05, 4.69) is 15.7 Å². The van der Waals surface area contributed by atoms with Crippen molar-refractivity contribution < 1.29 is 14.7 Å². The molecule has 1 aromatic carbocycles. The zero-order valence-corrected chi connectivity index (χ0v) is 15.3. The van der Waals surface area contributed by atoms with Crippen molar-refractivity contribution in [2.75, 3.05) is 18.4 Å². The van der Waals surface area contributed by atoms with Gasteiger partial charge in [-0.3, -0.25) is 14.4 Å². The van der Waals surface area contributed by atoms with E-state index in [1.165, 1.54) is 0 Å². The van der Waals surface area contributed by atoms with Gasteiger partial charge in [0, 0.05) is 18.3 Å². The number of urea groups is 1. The zero-order valence-electron chi connectivity index (χ0n) is 15.3. The van der Waals surface area contributed by atoms with Crippen molar-refractivity contribution in [3.63, 3.8) is 0 Å². The van der Waals surface area contributed by atoms with Gasteiger partial charge in [-0.2, -0.15) is 5.10 Å². The first-order valence-corrected chi connectivity index (χ1v) is 9.13. The summed E-state index contributed by atoms with van der Waals surface area (Å²) in [4.78, 5) is 24.9. The van der Waals surface area contributed by atoms with E-state index in [4.69, 9.17) is 5.11 Å². The number of aliphatic carboxylic acids is 1. The molecule has 1 saturated carbocycles. The number of rotatable bonds is 8. The Balaban J connectivity index is 1.42. The Morgan fingerprint density at radius 2 is 2.04 bits per heavy atom. The molecule has 0 spiro atoms. The van der Waals surface area contributed by atoms with Crippen LogP contribution in [0.15, 0.2) is 42.7 Å². The highest BCUT2D eigenvalue weighted by Gasteiger charge is 2.34. The maximum atomic E-state index is 12.1. The normalized spacial score (nSPS) is 18.7. The third-order valence-corrected chi connectivity index (χ3v) is 4.79. The molecule has 1 aromatic heterocycles. The van der Waals surface area contributed by atoms with Crippen molar-refractivity contribution in [2.24, 2.45) is 0 Å². The molecule has 1 aliphatic rings. The van der Waals surface area contributed by atoms with Gasteiger partial charge < -0.3 is 15.7 Å². The van der Waals surface area contributed by atoms with Gasteiger partial charge >= 0.3 is 12.0 Å². The molecule has 0 saturated heterocycles. The smallest absolute Gasteiger partial charge is 0.319 e. The van der Waals surface area contributed by atoms with Crippen LogP contribution in [0.3, 0.4) is 0 Å². The molecule has 27 heavy (non-hydrogen) atoms. The monoisotopic (exact) mass is 371 g/mol. The largest absolute Gasteiger partial charge is 0.480 e. The van der Waals surface area contributed by atoms with E-state index in [1.54, 1.807) is 17.1 Å². The molecular formula is C19H25N5O3. The van der Waals surface area contributed by atoms with Crippen molar-refractivity contribution in [2.45, 2.75) is 38.4 Å². The molecule has 3 rings (SSSR count). The van der Waals surface area contributed by atoms with Crippen LogP contribution in [0, 0.1) is 0 Å². The minimum atomic E-state index is -0.821. The first kappa shape index (κ1) is 18.9. The van der Waals surface area contributed by atoms with Crippen LogP contribution >= 0.6 is 0 Å². The summed E-state index contributed by atoms with van der Waals surface area (Å²) in [5.41, 5.74) is 1.78. The van der Waals surface area contributed by atoms with Gasteiger partial charge in [0.05, 0.1) is 25.0 Å². The lowest BCUT2D eigenvalue weighted by Crippen LogP contribution is -2.55. The van der Waals surface area contributed by atoms with E-state index < -0.39 is 5.97 Å². The third kappa shape index (κ3) is 5.30. The standard InChI is InChI=1S/C19H25N5O3/c1-2-23(13-18(25)26)17-8-15(9-17)21-19(27)22-16-10-20-24(12-16)11-14-6-4-3-5-7-14/h3-7,10,12,15,17H,2,8-9,11,13H2,1H3,(H,25,26)(H2,21,22,27). The molecule has 1 heterocycles. The van der Waals surface area contributed by atoms with E-state index in [-0.39, 0.29) is 24.7 Å². The van der Waals surface area contributed by atoms with E-state index in [1.807, 2.05) is 42.2 Å². The number of carbonyl (C=O) groups excluding carboxylic acids is 1. The predicted octanol–water partition coefficient (Wildman–Crippen LogP) is 1.99. The predicted molar refractivity (Wildman–Crippen MR) is 102 cm³/mol. The van der Waals surface area contributed by atoms with Crippen LogP contribution in [0.4, 0.5) is 10.5 Å². The molecule has 2 aromatic rings. The topological polar surface area (TPSA) is 99.5 Å². The second-order valence-electron chi connectivity index (χ2n) is 6.79. The van der Waals surface area contributed by atoms with Gasteiger partial charge in [-0.05, 0) is 24.9 Å². The number of likely N-dealkylation sites (N-methyl/N-ethyl adjacent to an activating group) is 1. The number of aromatic nitrogens is 2. The van der Waals surface area contributed by atoms with Gasteiger partial charge in [0.2, 0.25) is 0 Å². The van der Waals surface area contributed by atoms with Crippen molar-refractivity contribution in [3.8, 4) is 0 Å². The molecular weight excluding hydrogens is 346 g/mol. The summed E-state index contributed by atoms with van der Waals surface area (Å²) in [6, 6.07) is 10.00. The van der Waals surface area contributed by atoms with Gasteiger partial charge in [0.25, 0.3) is 0 Å². The Morgan fingerprint density at radius 1 is 1.30 bits per heavy atom. The molecule has 0 bridgehead atoms. The number of anilines is 1. The number of carboxylic acid groups (broad SMARTS) is 1. The number of carboxylic acids is 1. The average Bonchev–Trinajstić information content (AvgIpc) is 3.03. The van der Waals surface area contributed by atoms with Crippen molar-refractivity contribution in [1.29, 1.82) is 0 Å². The lowest BCUT2D eigenvalue weighted by molar-refractivity contribution is -0.139. The Labute approximate surface area is 158 Å². The lowest BCUT2D eigenvalue weighted by Gasteiger charge is -2.42. The van der Waals surface area contributed by atoms with Crippen LogP contribution in [-0.2, 0) is 11.3 Å². The summed E-state index contributed by atoms with van der Waals surface area (Å²) >= 11 is 0. The molecule has 144 valence electrons. The van der Waals surface area contributed by atoms with Crippen molar-refractivity contribution in [1.82, 2.24) is 20.0 Å². The third-order valence-electron chi connectivity index (χ3n) is 4.79.